The second-order valence-corrected chi connectivity index (χ2v) is 8.16. The van der Waals surface area contributed by atoms with Crippen LogP contribution in [0.1, 0.15) is 30.9 Å². The predicted molar refractivity (Wildman–Crippen MR) is 107 cm³/mol. The fourth-order valence-electron chi connectivity index (χ4n) is 2.61. The summed E-state index contributed by atoms with van der Waals surface area (Å²) in [5.41, 5.74) is 2.76. The van der Waals surface area contributed by atoms with Gasteiger partial charge in [-0.3, -0.25) is 4.79 Å². The molecule has 6 nitrogen and oxygen atoms in total. The summed E-state index contributed by atoms with van der Waals surface area (Å²) in [5.74, 6) is 0.633. The van der Waals surface area contributed by atoms with Crippen molar-refractivity contribution in [2.24, 2.45) is 0 Å². The molecule has 0 atom stereocenters. The van der Waals surface area contributed by atoms with Crippen molar-refractivity contribution in [3.63, 3.8) is 0 Å². The number of rotatable bonds is 9. The first-order chi connectivity index (χ1) is 12.8. The van der Waals surface area contributed by atoms with Gasteiger partial charge in [0.2, 0.25) is 15.9 Å². The lowest BCUT2D eigenvalue weighted by Crippen LogP contribution is -2.28. The number of aryl methyl sites for hydroxylation is 2. The maximum Gasteiger partial charge on any atom is 0.240 e. The van der Waals surface area contributed by atoms with Crippen molar-refractivity contribution in [3.8, 4) is 5.75 Å². The van der Waals surface area contributed by atoms with Crippen LogP contribution in [-0.4, -0.2) is 27.5 Å². The summed E-state index contributed by atoms with van der Waals surface area (Å²) in [6.45, 7) is 6.27. The first-order valence-corrected chi connectivity index (χ1v) is 10.4. The third-order valence-electron chi connectivity index (χ3n) is 3.78. The molecule has 27 heavy (non-hydrogen) atoms. The fraction of sp³-hybridized carbons (Fsp3) is 0.350. The van der Waals surface area contributed by atoms with Crippen LogP contribution in [0.5, 0.6) is 5.75 Å². The van der Waals surface area contributed by atoms with E-state index >= 15 is 0 Å². The average Bonchev–Trinajstić information content (AvgIpc) is 2.59. The maximum atomic E-state index is 12.3. The lowest BCUT2D eigenvalue weighted by atomic mass is 10.1. The molecule has 0 radical (unpaired) electrons. The van der Waals surface area contributed by atoms with Crippen LogP contribution in [0.4, 0.5) is 5.69 Å². The number of carbonyl (C=O) groups excluding carboxylic acids is 1. The SMILES string of the molecule is CCCC(=O)Nc1ccc(S(=O)(=O)NCCOc2cc(C)cc(C)c2)cc1. The van der Waals surface area contributed by atoms with E-state index in [1.165, 1.54) is 12.1 Å². The number of sulfonamides is 1. The van der Waals surface area contributed by atoms with Crippen LogP contribution < -0.4 is 14.8 Å². The molecule has 7 heteroatoms. The molecule has 0 aliphatic carbocycles. The van der Waals surface area contributed by atoms with Gasteiger partial charge in [-0.15, -0.1) is 0 Å². The van der Waals surface area contributed by atoms with Gasteiger partial charge in [0.05, 0.1) is 4.90 Å². The summed E-state index contributed by atoms with van der Waals surface area (Å²) in [6, 6.07) is 12.0. The lowest BCUT2D eigenvalue weighted by molar-refractivity contribution is -0.116. The highest BCUT2D eigenvalue weighted by molar-refractivity contribution is 7.89. The number of ether oxygens (including phenoxy) is 1. The van der Waals surface area contributed by atoms with Crippen LogP contribution >= 0.6 is 0 Å². The smallest absolute Gasteiger partial charge is 0.240 e. The Morgan fingerprint density at radius 2 is 1.67 bits per heavy atom. The zero-order valence-electron chi connectivity index (χ0n) is 15.9. The lowest BCUT2D eigenvalue weighted by Gasteiger charge is -2.10. The van der Waals surface area contributed by atoms with E-state index in [2.05, 4.69) is 10.0 Å². The number of benzene rings is 2. The van der Waals surface area contributed by atoms with Crippen LogP contribution in [0.15, 0.2) is 47.4 Å². The van der Waals surface area contributed by atoms with Crippen molar-refractivity contribution in [3.05, 3.63) is 53.6 Å². The van der Waals surface area contributed by atoms with E-state index < -0.39 is 10.0 Å². The van der Waals surface area contributed by atoms with Gasteiger partial charge in [0.25, 0.3) is 0 Å². The first kappa shape index (κ1) is 20.9. The monoisotopic (exact) mass is 390 g/mol. The largest absolute Gasteiger partial charge is 0.492 e. The van der Waals surface area contributed by atoms with Crippen LogP contribution in [0.25, 0.3) is 0 Å². The number of carbonyl (C=O) groups is 1. The molecule has 2 N–H and O–H groups in total. The van der Waals surface area contributed by atoms with Crippen LogP contribution in [0.2, 0.25) is 0 Å². The molecule has 0 bridgehead atoms. The van der Waals surface area contributed by atoms with E-state index in [0.29, 0.717) is 12.1 Å². The van der Waals surface area contributed by atoms with Gasteiger partial charge >= 0.3 is 0 Å². The maximum absolute atomic E-state index is 12.3. The number of hydrogen-bond acceptors (Lipinski definition) is 4. The standard InChI is InChI=1S/C20H26N2O4S/c1-4-5-20(23)22-17-6-8-19(9-7-17)27(24,25)21-10-11-26-18-13-15(2)12-16(3)14-18/h6-9,12-14,21H,4-5,10-11H2,1-3H3,(H,22,23). The molecule has 0 aliphatic heterocycles. The Labute approximate surface area is 161 Å². The van der Waals surface area contributed by atoms with Gasteiger partial charge in [0, 0.05) is 18.7 Å². The highest BCUT2D eigenvalue weighted by Gasteiger charge is 2.13. The molecular weight excluding hydrogens is 364 g/mol. The molecular formula is C20H26N2O4S. The molecule has 0 aliphatic rings. The Morgan fingerprint density at radius 3 is 2.26 bits per heavy atom. The molecule has 146 valence electrons. The minimum atomic E-state index is -3.63. The molecule has 1 amide bonds. The van der Waals surface area contributed by atoms with Gasteiger partial charge in [0.15, 0.2) is 0 Å². The van der Waals surface area contributed by atoms with Crippen LogP contribution in [0.3, 0.4) is 0 Å². The van der Waals surface area contributed by atoms with Crippen molar-refractivity contribution in [1.82, 2.24) is 4.72 Å². The molecule has 2 aromatic carbocycles. The number of nitrogens with one attached hydrogen (secondary N) is 2. The normalized spacial score (nSPS) is 11.2. The van der Waals surface area contributed by atoms with Gasteiger partial charge < -0.3 is 10.1 Å². The zero-order valence-corrected chi connectivity index (χ0v) is 16.7. The van der Waals surface area contributed by atoms with E-state index in [1.54, 1.807) is 12.1 Å². The van der Waals surface area contributed by atoms with Gasteiger partial charge in [0.1, 0.15) is 12.4 Å². The highest BCUT2D eigenvalue weighted by Crippen LogP contribution is 2.16. The molecule has 0 saturated heterocycles. The zero-order chi connectivity index (χ0) is 19.9. The summed E-state index contributed by atoms with van der Waals surface area (Å²) in [5, 5.41) is 2.73. The van der Waals surface area contributed by atoms with E-state index in [4.69, 9.17) is 4.74 Å². The summed E-state index contributed by atoms with van der Waals surface area (Å²) in [7, 11) is -3.63. The Balaban J connectivity index is 1.87. The Kier molecular flexibility index (Phi) is 7.38. The second-order valence-electron chi connectivity index (χ2n) is 6.39. The minimum Gasteiger partial charge on any atom is -0.492 e. The van der Waals surface area contributed by atoms with Gasteiger partial charge in [-0.05, 0) is 67.8 Å². The molecule has 0 fully saturated rings. The van der Waals surface area contributed by atoms with E-state index in [9.17, 15) is 13.2 Å². The third kappa shape index (κ3) is 6.69. The second kappa shape index (κ2) is 9.53. The van der Waals surface area contributed by atoms with Crippen LogP contribution in [0, 0.1) is 13.8 Å². The first-order valence-electron chi connectivity index (χ1n) is 8.91. The molecule has 0 heterocycles. The Bertz CT molecular complexity index is 857. The molecule has 2 aromatic rings. The Hall–Kier alpha value is -2.38. The third-order valence-corrected chi connectivity index (χ3v) is 5.26. The van der Waals surface area contributed by atoms with Crippen molar-refractivity contribution >= 4 is 21.6 Å². The minimum absolute atomic E-state index is 0.0882. The molecule has 2 rings (SSSR count). The number of amides is 1. The van der Waals surface area contributed by atoms with Crippen molar-refractivity contribution in [1.29, 1.82) is 0 Å². The Morgan fingerprint density at radius 1 is 1.04 bits per heavy atom. The van der Waals surface area contributed by atoms with E-state index in [-0.39, 0.29) is 24.0 Å². The van der Waals surface area contributed by atoms with E-state index in [1.807, 2.05) is 39.0 Å². The summed E-state index contributed by atoms with van der Waals surface area (Å²) >= 11 is 0. The molecule has 0 unspecified atom stereocenters. The summed E-state index contributed by atoms with van der Waals surface area (Å²) < 4.78 is 32.8. The topological polar surface area (TPSA) is 84.5 Å². The van der Waals surface area contributed by atoms with Crippen LogP contribution in [-0.2, 0) is 14.8 Å². The van der Waals surface area contributed by atoms with Gasteiger partial charge in [-0.1, -0.05) is 13.0 Å². The van der Waals surface area contributed by atoms with Gasteiger partial charge in [-0.25, -0.2) is 13.1 Å². The van der Waals surface area contributed by atoms with Crippen molar-refractivity contribution in [2.45, 2.75) is 38.5 Å². The van der Waals surface area contributed by atoms with E-state index in [0.717, 1.165) is 23.3 Å². The summed E-state index contributed by atoms with van der Waals surface area (Å²) in [4.78, 5) is 11.7. The summed E-state index contributed by atoms with van der Waals surface area (Å²) in [6.07, 6.45) is 1.19. The molecule has 0 spiro atoms. The molecule has 0 saturated carbocycles. The predicted octanol–water partition coefficient (Wildman–Crippen LogP) is 3.40. The quantitative estimate of drug-likeness (QED) is 0.643. The van der Waals surface area contributed by atoms with Crippen molar-refractivity contribution < 1.29 is 17.9 Å². The van der Waals surface area contributed by atoms with Gasteiger partial charge in [-0.2, -0.15) is 0 Å². The number of anilines is 1. The number of hydrogen-bond donors (Lipinski definition) is 2. The van der Waals surface area contributed by atoms with Crippen molar-refractivity contribution in [2.75, 3.05) is 18.5 Å². The average molecular weight is 391 g/mol. The highest BCUT2D eigenvalue weighted by atomic mass is 32.2. The fourth-order valence-corrected chi connectivity index (χ4v) is 3.63. The molecule has 0 aromatic heterocycles.